The highest BCUT2D eigenvalue weighted by Crippen LogP contribution is 2.37. The monoisotopic (exact) mass is 441 g/mol. The summed E-state index contributed by atoms with van der Waals surface area (Å²) in [6.45, 7) is 1.83. The van der Waals surface area contributed by atoms with E-state index < -0.39 is 0 Å². The van der Waals surface area contributed by atoms with E-state index in [2.05, 4.69) is 25.4 Å². The molecule has 0 spiro atoms. The van der Waals surface area contributed by atoms with Crippen LogP contribution < -0.4 is 15.8 Å². The molecule has 0 saturated carbocycles. The smallest absolute Gasteiger partial charge is 0.266 e. The second kappa shape index (κ2) is 6.76. The Labute approximate surface area is 180 Å². The van der Waals surface area contributed by atoms with Gasteiger partial charge in [0.15, 0.2) is 5.65 Å². The molecule has 2 atom stereocenters. The summed E-state index contributed by atoms with van der Waals surface area (Å²) in [5.41, 5.74) is 4.27. The van der Waals surface area contributed by atoms with Gasteiger partial charge in [0.25, 0.3) is 5.56 Å². The summed E-state index contributed by atoms with van der Waals surface area (Å²) >= 11 is 8.14. The van der Waals surface area contributed by atoms with E-state index in [-0.39, 0.29) is 5.56 Å². The first-order valence-corrected chi connectivity index (χ1v) is 11.4. The van der Waals surface area contributed by atoms with Crippen molar-refractivity contribution in [1.82, 2.24) is 30.0 Å². The number of halogens is 1. The number of piperidine rings is 1. The summed E-state index contributed by atoms with van der Waals surface area (Å²) in [6.07, 6.45) is 3.43. The predicted octanol–water partition coefficient (Wildman–Crippen LogP) is 2.92. The summed E-state index contributed by atoms with van der Waals surface area (Å²) in [7, 11) is 1.80. The normalized spacial score (nSPS) is 21.6. The van der Waals surface area contributed by atoms with Crippen LogP contribution in [0.5, 0.6) is 0 Å². The minimum Gasteiger partial charge on any atom is -0.334 e. The largest absolute Gasteiger partial charge is 0.334 e. The van der Waals surface area contributed by atoms with Crippen molar-refractivity contribution in [3.05, 3.63) is 33.0 Å². The van der Waals surface area contributed by atoms with Gasteiger partial charge in [0, 0.05) is 37.8 Å². The Morgan fingerprint density at radius 3 is 2.83 bits per heavy atom. The highest BCUT2D eigenvalue weighted by atomic mass is 35.5. The first-order chi connectivity index (χ1) is 14.6. The lowest BCUT2D eigenvalue weighted by Gasteiger charge is -2.47. The van der Waals surface area contributed by atoms with E-state index in [1.807, 2.05) is 12.1 Å². The Kier molecular flexibility index (Phi) is 4.12. The van der Waals surface area contributed by atoms with E-state index in [1.165, 1.54) is 17.8 Å². The summed E-state index contributed by atoms with van der Waals surface area (Å²) in [5, 5.41) is 12.0. The second-order valence-electron chi connectivity index (χ2n) is 8.00. The number of aromatic nitrogens is 5. The highest BCUT2D eigenvalue weighted by Gasteiger charge is 2.36. The van der Waals surface area contributed by atoms with Crippen molar-refractivity contribution in [3.63, 3.8) is 0 Å². The number of nitrogens with zero attached hydrogens (tertiary/aromatic N) is 5. The van der Waals surface area contributed by atoms with Gasteiger partial charge in [-0.3, -0.25) is 14.5 Å². The molecule has 8 nitrogen and oxygen atoms in total. The van der Waals surface area contributed by atoms with Gasteiger partial charge in [0.1, 0.15) is 5.39 Å². The molecule has 0 radical (unpaired) electrons. The summed E-state index contributed by atoms with van der Waals surface area (Å²) in [5.74, 6) is 0.700. The Morgan fingerprint density at radius 2 is 2.03 bits per heavy atom. The fourth-order valence-corrected chi connectivity index (χ4v) is 5.98. The highest BCUT2D eigenvalue weighted by molar-refractivity contribution is 7.17. The van der Waals surface area contributed by atoms with Gasteiger partial charge in [-0.05, 0) is 31.4 Å². The van der Waals surface area contributed by atoms with Crippen molar-refractivity contribution >= 4 is 50.1 Å². The molecule has 6 rings (SSSR count). The molecule has 30 heavy (non-hydrogen) atoms. The summed E-state index contributed by atoms with van der Waals surface area (Å²) in [4.78, 5) is 24.9. The van der Waals surface area contributed by atoms with Crippen LogP contribution in [0.4, 0.5) is 5.95 Å². The number of anilines is 1. The van der Waals surface area contributed by atoms with Crippen LogP contribution >= 0.6 is 22.9 Å². The van der Waals surface area contributed by atoms with E-state index in [1.54, 1.807) is 17.1 Å². The number of nitrogens with one attached hydrogen (secondary N) is 2. The van der Waals surface area contributed by atoms with Crippen molar-refractivity contribution in [2.45, 2.75) is 31.3 Å². The topological polar surface area (TPSA) is 91.7 Å². The number of benzene rings is 1. The van der Waals surface area contributed by atoms with Gasteiger partial charge in [0.05, 0.1) is 26.4 Å². The van der Waals surface area contributed by atoms with Crippen molar-refractivity contribution in [1.29, 1.82) is 0 Å². The molecule has 2 bridgehead atoms. The molecular formula is C20H20ClN7OS. The zero-order chi connectivity index (χ0) is 20.4. The van der Waals surface area contributed by atoms with Crippen molar-refractivity contribution in [2.24, 2.45) is 7.05 Å². The molecule has 2 unspecified atom stereocenters. The van der Waals surface area contributed by atoms with Crippen LogP contribution in [-0.2, 0) is 7.05 Å². The lowest BCUT2D eigenvalue weighted by Crippen LogP contribution is -2.61. The van der Waals surface area contributed by atoms with Gasteiger partial charge in [-0.15, -0.1) is 11.3 Å². The first kappa shape index (κ1) is 18.3. The molecule has 1 aromatic carbocycles. The molecule has 3 aromatic heterocycles. The third-order valence-electron chi connectivity index (χ3n) is 6.33. The maximum atomic E-state index is 13.5. The number of aromatic amines is 1. The number of hydrogen-bond acceptors (Lipinski definition) is 7. The first-order valence-electron chi connectivity index (χ1n) is 10.1. The van der Waals surface area contributed by atoms with Crippen LogP contribution in [0.2, 0.25) is 5.02 Å². The fourth-order valence-electron chi connectivity index (χ4n) is 4.87. The Morgan fingerprint density at radius 1 is 1.23 bits per heavy atom. The lowest BCUT2D eigenvalue weighted by atomic mass is 9.93. The SMILES string of the molecule is Cn1c(N2C3CCCC2CNC3)nc2n[nH]c(-c3ccc4ncsc4c3Cl)c2c1=O. The average Bonchev–Trinajstić information content (AvgIpc) is 3.38. The Balaban J connectivity index is 1.54. The molecule has 2 aliphatic rings. The lowest BCUT2D eigenvalue weighted by molar-refractivity contribution is 0.305. The van der Waals surface area contributed by atoms with E-state index in [0.29, 0.717) is 39.8 Å². The molecule has 2 fully saturated rings. The second-order valence-corrected chi connectivity index (χ2v) is 9.24. The van der Waals surface area contributed by atoms with Crippen molar-refractivity contribution in [3.8, 4) is 11.3 Å². The maximum absolute atomic E-state index is 13.5. The van der Waals surface area contributed by atoms with Crippen LogP contribution in [0.1, 0.15) is 19.3 Å². The van der Waals surface area contributed by atoms with Crippen LogP contribution in [0.15, 0.2) is 22.4 Å². The van der Waals surface area contributed by atoms with Crippen molar-refractivity contribution < 1.29 is 0 Å². The molecule has 0 amide bonds. The summed E-state index contributed by atoms with van der Waals surface area (Å²) in [6, 6.07) is 4.50. The van der Waals surface area contributed by atoms with Gasteiger partial charge in [-0.25, -0.2) is 4.98 Å². The van der Waals surface area contributed by atoms with E-state index in [0.717, 1.165) is 41.7 Å². The summed E-state index contributed by atoms with van der Waals surface area (Å²) < 4.78 is 2.56. The molecule has 4 aromatic rings. The van der Waals surface area contributed by atoms with E-state index >= 15 is 0 Å². The minimum atomic E-state index is -0.115. The predicted molar refractivity (Wildman–Crippen MR) is 120 cm³/mol. The van der Waals surface area contributed by atoms with Gasteiger partial charge >= 0.3 is 0 Å². The molecule has 10 heteroatoms. The van der Waals surface area contributed by atoms with Crippen molar-refractivity contribution in [2.75, 3.05) is 18.0 Å². The molecule has 5 heterocycles. The van der Waals surface area contributed by atoms with Gasteiger partial charge < -0.3 is 10.2 Å². The quantitative estimate of drug-likeness (QED) is 0.497. The third kappa shape index (κ3) is 2.55. The average molecular weight is 442 g/mol. The molecule has 2 aliphatic heterocycles. The molecule has 0 aliphatic carbocycles. The van der Waals surface area contributed by atoms with Crippen LogP contribution in [-0.4, -0.2) is 49.9 Å². The maximum Gasteiger partial charge on any atom is 0.266 e. The van der Waals surface area contributed by atoms with E-state index in [4.69, 9.17) is 16.6 Å². The number of piperazine rings is 1. The number of fused-ring (bicyclic) bond motifs is 4. The molecule has 2 saturated heterocycles. The number of hydrogen-bond donors (Lipinski definition) is 2. The van der Waals surface area contributed by atoms with Crippen LogP contribution in [0.3, 0.4) is 0 Å². The van der Waals surface area contributed by atoms with Crippen LogP contribution in [0, 0.1) is 0 Å². The number of rotatable bonds is 2. The molecular weight excluding hydrogens is 422 g/mol. The van der Waals surface area contributed by atoms with E-state index in [9.17, 15) is 4.79 Å². The van der Waals surface area contributed by atoms with Gasteiger partial charge in [-0.1, -0.05) is 11.6 Å². The van der Waals surface area contributed by atoms with Gasteiger partial charge in [0.2, 0.25) is 5.95 Å². The number of H-pyrrole nitrogens is 1. The minimum absolute atomic E-state index is 0.115. The molecule has 2 N–H and O–H groups in total. The molecule has 154 valence electrons. The fraction of sp³-hybridized carbons (Fsp3) is 0.400. The standard InChI is InChI=1S/C20H20ClN7OS/c1-27-19(29)14-16(12-5-6-13-17(15(12)21)30-9-23-13)25-26-18(14)24-20(27)28-10-3-2-4-11(28)8-22-7-10/h5-6,9-11,22H,2-4,7-8H2,1H3,(H,25,26). The zero-order valence-electron chi connectivity index (χ0n) is 16.4. The Bertz CT molecular complexity index is 1320. The van der Waals surface area contributed by atoms with Gasteiger partial charge in [-0.2, -0.15) is 10.1 Å². The number of thiazole rings is 1. The third-order valence-corrected chi connectivity index (χ3v) is 7.70. The zero-order valence-corrected chi connectivity index (χ0v) is 17.9. The van der Waals surface area contributed by atoms with Crippen LogP contribution in [0.25, 0.3) is 32.5 Å². The Hall–Kier alpha value is -2.49.